The van der Waals surface area contributed by atoms with E-state index in [9.17, 15) is 4.79 Å². The molecule has 1 aliphatic carbocycles. The van der Waals surface area contributed by atoms with Crippen LogP contribution in [0, 0.1) is 0 Å². The van der Waals surface area contributed by atoms with Crippen molar-refractivity contribution in [2.24, 2.45) is 0 Å². The Hall–Kier alpha value is -2.83. The molecule has 1 N–H and O–H groups in total. The fraction of sp³-hybridized carbons (Fsp3) is 0.464. The van der Waals surface area contributed by atoms with Gasteiger partial charge in [0.05, 0.1) is 16.8 Å². The molecule has 34 heavy (non-hydrogen) atoms. The maximum atomic E-state index is 13.1. The van der Waals surface area contributed by atoms with Crippen LogP contribution in [-0.2, 0) is 0 Å². The predicted molar refractivity (Wildman–Crippen MR) is 137 cm³/mol. The summed E-state index contributed by atoms with van der Waals surface area (Å²) in [6.07, 6.45) is 11.5. The minimum absolute atomic E-state index is 0.0362. The van der Waals surface area contributed by atoms with Crippen LogP contribution in [0.25, 0.3) is 22.2 Å². The molecule has 6 heteroatoms. The molecular weight excluding hydrogens is 422 g/mol. The van der Waals surface area contributed by atoms with Crippen molar-refractivity contribution in [3.05, 3.63) is 60.4 Å². The van der Waals surface area contributed by atoms with Crippen LogP contribution in [-0.4, -0.2) is 71.0 Å². The van der Waals surface area contributed by atoms with Gasteiger partial charge in [0.25, 0.3) is 5.91 Å². The lowest BCUT2D eigenvalue weighted by Crippen LogP contribution is -2.51. The third-order valence-corrected chi connectivity index (χ3v) is 7.35. The molecule has 2 fully saturated rings. The van der Waals surface area contributed by atoms with Crippen molar-refractivity contribution in [2.75, 3.05) is 39.3 Å². The van der Waals surface area contributed by atoms with Crippen LogP contribution < -0.4 is 5.32 Å². The Labute approximate surface area is 202 Å². The fourth-order valence-electron chi connectivity index (χ4n) is 5.42. The second-order valence-corrected chi connectivity index (χ2v) is 9.59. The lowest BCUT2D eigenvalue weighted by molar-refractivity contribution is 0.0779. The average Bonchev–Trinajstić information content (AvgIpc) is 2.91. The zero-order valence-corrected chi connectivity index (χ0v) is 20.0. The van der Waals surface area contributed by atoms with Gasteiger partial charge < -0.3 is 10.2 Å². The van der Waals surface area contributed by atoms with Crippen molar-refractivity contribution >= 4 is 16.8 Å². The standard InChI is InChI=1S/C28H35N5O/c34-28(30-14-7-15-32-16-18-33(19-17-32)23-9-2-1-3-10-23)25-20-27(22-8-6-13-29-21-22)31-26-12-5-4-11-24(25)26/h4-6,8,11-13,20-21,23H,1-3,7,9-10,14-19H2,(H,30,34). The molecule has 3 heterocycles. The number of fused-ring (bicyclic) bond motifs is 1. The van der Waals surface area contributed by atoms with E-state index < -0.39 is 0 Å². The van der Waals surface area contributed by atoms with Crippen molar-refractivity contribution in [3.8, 4) is 11.3 Å². The number of carbonyl (C=O) groups excluding carboxylic acids is 1. The van der Waals surface area contributed by atoms with Gasteiger partial charge in [-0.05, 0) is 50.1 Å². The largest absolute Gasteiger partial charge is 0.352 e. The summed E-state index contributed by atoms with van der Waals surface area (Å²) in [5, 5.41) is 4.03. The van der Waals surface area contributed by atoms with Crippen molar-refractivity contribution in [3.63, 3.8) is 0 Å². The minimum atomic E-state index is -0.0362. The van der Waals surface area contributed by atoms with Gasteiger partial charge in [-0.2, -0.15) is 0 Å². The summed E-state index contributed by atoms with van der Waals surface area (Å²) in [5.41, 5.74) is 3.18. The Morgan fingerprint density at radius 3 is 2.62 bits per heavy atom. The van der Waals surface area contributed by atoms with E-state index in [-0.39, 0.29) is 5.91 Å². The smallest absolute Gasteiger partial charge is 0.252 e. The van der Waals surface area contributed by atoms with Gasteiger partial charge in [-0.1, -0.05) is 37.5 Å². The molecule has 0 radical (unpaired) electrons. The first-order valence-electron chi connectivity index (χ1n) is 12.8. The Balaban J connectivity index is 1.15. The topological polar surface area (TPSA) is 61.4 Å². The van der Waals surface area contributed by atoms with E-state index >= 15 is 0 Å². The summed E-state index contributed by atoms with van der Waals surface area (Å²) < 4.78 is 0. The van der Waals surface area contributed by atoms with E-state index in [4.69, 9.17) is 4.98 Å². The summed E-state index contributed by atoms with van der Waals surface area (Å²) in [6, 6.07) is 14.4. The highest BCUT2D eigenvalue weighted by molar-refractivity contribution is 6.07. The first kappa shape index (κ1) is 22.9. The number of nitrogens with zero attached hydrogens (tertiary/aromatic N) is 4. The highest BCUT2D eigenvalue weighted by atomic mass is 16.1. The molecule has 3 aromatic rings. The van der Waals surface area contributed by atoms with Crippen molar-refractivity contribution < 1.29 is 4.79 Å². The number of carbonyl (C=O) groups is 1. The first-order chi connectivity index (χ1) is 16.8. The lowest BCUT2D eigenvalue weighted by Gasteiger charge is -2.40. The van der Waals surface area contributed by atoms with E-state index in [1.165, 1.54) is 45.2 Å². The van der Waals surface area contributed by atoms with Gasteiger partial charge in [0.2, 0.25) is 0 Å². The molecule has 1 saturated carbocycles. The Morgan fingerprint density at radius 1 is 1.00 bits per heavy atom. The Morgan fingerprint density at radius 2 is 1.82 bits per heavy atom. The van der Waals surface area contributed by atoms with Gasteiger partial charge in [0, 0.05) is 62.1 Å². The van der Waals surface area contributed by atoms with Crippen LogP contribution in [0.3, 0.4) is 0 Å². The van der Waals surface area contributed by atoms with Gasteiger partial charge >= 0.3 is 0 Å². The van der Waals surface area contributed by atoms with Gasteiger partial charge in [0.15, 0.2) is 0 Å². The third kappa shape index (κ3) is 5.45. The summed E-state index contributed by atoms with van der Waals surface area (Å²) in [6.45, 7) is 6.40. The Bertz CT molecular complexity index is 1090. The second kappa shape index (κ2) is 11.1. The second-order valence-electron chi connectivity index (χ2n) is 9.59. The third-order valence-electron chi connectivity index (χ3n) is 7.35. The Kier molecular flexibility index (Phi) is 7.46. The van der Waals surface area contributed by atoms with Crippen molar-refractivity contribution in [1.82, 2.24) is 25.1 Å². The molecular formula is C28H35N5O. The normalized spacial score (nSPS) is 18.2. The molecule has 5 rings (SSSR count). The number of para-hydroxylation sites is 1. The van der Waals surface area contributed by atoms with Gasteiger partial charge in [0.1, 0.15) is 0 Å². The minimum Gasteiger partial charge on any atom is -0.352 e. The fourth-order valence-corrected chi connectivity index (χ4v) is 5.42. The molecule has 0 unspecified atom stereocenters. The SMILES string of the molecule is O=C(NCCCN1CCN(C2CCCCC2)CC1)c1cc(-c2cccnc2)nc2ccccc12. The summed E-state index contributed by atoms with van der Waals surface area (Å²) >= 11 is 0. The number of hydrogen-bond donors (Lipinski definition) is 1. The van der Waals surface area contributed by atoms with Gasteiger partial charge in [-0.25, -0.2) is 4.98 Å². The molecule has 0 atom stereocenters. The molecule has 1 aliphatic heterocycles. The van der Waals surface area contributed by atoms with Gasteiger partial charge in [-0.15, -0.1) is 0 Å². The molecule has 0 spiro atoms. The molecule has 1 amide bonds. The highest BCUT2D eigenvalue weighted by Gasteiger charge is 2.24. The zero-order chi connectivity index (χ0) is 23.2. The van der Waals surface area contributed by atoms with Crippen LogP contribution in [0.4, 0.5) is 0 Å². The number of amides is 1. The number of benzene rings is 1. The number of nitrogens with one attached hydrogen (secondary N) is 1. The van der Waals surface area contributed by atoms with Crippen LogP contribution >= 0.6 is 0 Å². The first-order valence-corrected chi connectivity index (χ1v) is 12.8. The quantitative estimate of drug-likeness (QED) is 0.534. The van der Waals surface area contributed by atoms with Crippen LogP contribution in [0.5, 0.6) is 0 Å². The maximum absolute atomic E-state index is 13.1. The van der Waals surface area contributed by atoms with E-state index in [0.29, 0.717) is 12.1 Å². The number of pyridine rings is 2. The predicted octanol–water partition coefficient (Wildman–Crippen LogP) is 4.37. The van der Waals surface area contributed by atoms with Crippen LogP contribution in [0.2, 0.25) is 0 Å². The summed E-state index contributed by atoms with van der Waals surface area (Å²) in [4.78, 5) is 27.4. The van der Waals surface area contributed by atoms with Crippen LogP contribution in [0.1, 0.15) is 48.9 Å². The van der Waals surface area contributed by atoms with Crippen molar-refractivity contribution in [1.29, 1.82) is 0 Å². The van der Waals surface area contributed by atoms with Gasteiger partial charge in [-0.3, -0.25) is 14.7 Å². The van der Waals surface area contributed by atoms with E-state index in [1.54, 1.807) is 12.4 Å². The maximum Gasteiger partial charge on any atom is 0.252 e. The molecule has 6 nitrogen and oxygen atoms in total. The highest BCUT2D eigenvalue weighted by Crippen LogP contribution is 2.25. The molecule has 1 aromatic carbocycles. The number of aromatic nitrogens is 2. The van der Waals surface area contributed by atoms with Crippen LogP contribution in [0.15, 0.2) is 54.9 Å². The number of piperazine rings is 1. The lowest BCUT2D eigenvalue weighted by atomic mass is 9.94. The molecule has 2 aliphatic rings. The number of rotatable bonds is 7. The summed E-state index contributed by atoms with van der Waals surface area (Å²) in [5.74, 6) is -0.0362. The molecule has 178 valence electrons. The summed E-state index contributed by atoms with van der Waals surface area (Å²) in [7, 11) is 0. The van der Waals surface area contributed by atoms with Crippen molar-refractivity contribution in [2.45, 2.75) is 44.6 Å². The van der Waals surface area contributed by atoms with E-state index in [0.717, 1.165) is 54.3 Å². The molecule has 2 aromatic heterocycles. The average molecular weight is 458 g/mol. The van der Waals surface area contributed by atoms with E-state index in [1.807, 2.05) is 42.5 Å². The number of hydrogen-bond acceptors (Lipinski definition) is 5. The van der Waals surface area contributed by atoms with E-state index in [2.05, 4.69) is 20.1 Å². The zero-order valence-electron chi connectivity index (χ0n) is 20.0. The monoisotopic (exact) mass is 457 g/mol. The molecule has 1 saturated heterocycles. The molecule has 0 bridgehead atoms.